The largest absolute Gasteiger partial charge is 0.480 e. The number of hydrogen-bond donors (Lipinski definition) is 2. The Balaban J connectivity index is 2.09. The van der Waals surface area contributed by atoms with Crippen molar-refractivity contribution in [3.05, 3.63) is 71.5 Å². The number of benzene rings is 2. The molecule has 0 aliphatic carbocycles. The fourth-order valence-electron chi connectivity index (χ4n) is 1.82. The molecule has 3 nitrogen and oxygen atoms in total. The van der Waals surface area contributed by atoms with Gasteiger partial charge in [-0.2, -0.15) is 0 Å². The number of halogens is 1. The van der Waals surface area contributed by atoms with Crippen LogP contribution in [0.1, 0.15) is 17.2 Å². The van der Waals surface area contributed by atoms with Crippen LogP contribution in [0.15, 0.2) is 54.6 Å². The Bertz CT molecular complexity index is 540. The first-order valence-corrected chi connectivity index (χ1v) is 5.92. The summed E-state index contributed by atoms with van der Waals surface area (Å²) in [6.45, 7) is 0.440. The molecule has 2 rings (SSSR count). The molecule has 2 N–H and O–H groups in total. The van der Waals surface area contributed by atoms with Crippen molar-refractivity contribution < 1.29 is 14.3 Å². The van der Waals surface area contributed by atoms with E-state index < -0.39 is 12.0 Å². The minimum absolute atomic E-state index is 0.379. The molecule has 98 valence electrons. The van der Waals surface area contributed by atoms with E-state index in [1.807, 2.05) is 30.3 Å². The molecule has 0 radical (unpaired) electrons. The van der Waals surface area contributed by atoms with Gasteiger partial charge in [-0.1, -0.05) is 42.5 Å². The van der Waals surface area contributed by atoms with Crippen LogP contribution in [0.2, 0.25) is 0 Å². The molecular weight excluding hydrogens is 245 g/mol. The number of hydrogen-bond acceptors (Lipinski definition) is 2. The first kappa shape index (κ1) is 13.2. The molecule has 1 atom stereocenters. The van der Waals surface area contributed by atoms with E-state index in [0.29, 0.717) is 12.1 Å². The lowest BCUT2D eigenvalue weighted by Crippen LogP contribution is -2.28. The van der Waals surface area contributed by atoms with Crippen LogP contribution in [0, 0.1) is 5.82 Å². The molecule has 0 saturated heterocycles. The molecule has 2 aromatic carbocycles. The van der Waals surface area contributed by atoms with Gasteiger partial charge in [0.25, 0.3) is 0 Å². The molecule has 2 aromatic rings. The highest BCUT2D eigenvalue weighted by molar-refractivity contribution is 5.75. The lowest BCUT2D eigenvalue weighted by atomic mass is 10.1. The Labute approximate surface area is 110 Å². The zero-order valence-electron chi connectivity index (χ0n) is 10.2. The lowest BCUT2D eigenvalue weighted by molar-refractivity contribution is -0.139. The third-order valence-electron chi connectivity index (χ3n) is 2.80. The van der Waals surface area contributed by atoms with Crippen molar-refractivity contribution in [3.63, 3.8) is 0 Å². The second-order valence-electron chi connectivity index (χ2n) is 4.19. The van der Waals surface area contributed by atoms with E-state index in [0.717, 1.165) is 5.56 Å². The van der Waals surface area contributed by atoms with Crippen molar-refractivity contribution in [1.29, 1.82) is 0 Å². The van der Waals surface area contributed by atoms with Crippen molar-refractivity contribution >= 4 is 5.97 Å². The lowest BCUT2D eigenvalue weighted by Gasteiger charge is -2.15. The Morgan fingerprint density at radius 2 is 1.74 bits per heavy atom. The topological polar surface area (TPSA) is 49.3 Å². The molecular formula is C15H14FNO2. The molecule has 19 heavy (non-hydrogen) atoms. The summed E-state index contributed by atoms with van der Waals surface area (Å²) in [5.41, 5.74) is 1.53. The Hall–Kier alpha value is -2.20. The highest BCUT2D eigenvalue weighted by atomic mass is 19.1. The van der Waals surface area contributed by atoms with Gasteiger partial charge < -0.3 is 5.11 Å². The second kappa shape index (κ2) is 6.11. The minimum Gasteiger partial charge on any atom is -0.480 e. The van der Waals surface area contributed by atoms with Crippen LogP contribution >= 0.6 is 0 Å². The van der Waals surface area contributed by atoms with Crippen LogP contribution in [0.5, 0.6) is 0 Å². The molecule has 0 unspecified atom stereocenters. The number of carboxylic acid groups (broad SMARTS) is 1. The summed E-state index contributed by atoms with van der Waals surface area (Å²) in [5.74, 6) is -1.36. The normalized spacial score (nSPS) is 12.1. The van der Waals surface area contributed by atoms with Gasteiger partial charge in [-0.05, 0) is 23.3 Å². The molecule has 0 amide bonds. The Morgan fingerprint density at radius 3 is 2.32 bits per heavy atom. The first-order valence-electron chi connectivity index (χ1n) is 5.92. The standard InChI is InChI=1S/C15H14FNO2/c16-13-8-6-12(7-9-13)14(15(18)19)17-10-11-4-2-1-3-5-11/h1-9,14,17H,10H2,(H,18,19)/t14-/m1/s1. The quantitative estimate of drug-likeness (QED) is 0.868. The third-order valence-corrected chi connectivity index (χ3v) is 2.80. The summed E-state index contributed by atoms with van der Waals surface area (Å²) < 4.78 is 12.8. The summed E-state index contributed by atoms with van der Waals surface area (Å²) >= 11 is 0. The zero-order valence-corrected chi connectivity index (χ0v) is 10.2. The van der Waals surface area contributed by atoms with E-state index in [1.165, 1.54) is 24.3 Å². The number of nitrogens with one attached hydrogen (secondary N) is 1. The highest BCUT2D eigenvalue weighted by Gasteiger charge is 2.18. The van der Waals surface area contributed by atoms with Crippen LogP contribution in [-0.4, -0.2) is 11.1 Å². The van der Waals surface area contributed by atoms with Crippen molar-refractivity contribution in [3.8, 4) is 0 Å². The Morgan fingerprint density at radius 1 is 1.11 bits per heavy atom. The van der Waals surface area contributed by atoms with Crippen molar-refractivity contribution in [2.24, 2.45) is 0 Å². The maximum atomic E-state index is 12.8. The van der Waals surface area contributed by atoms with Gasteiger partial charge in [-0.25, -0.2) is 4.39 Å². The molecule has 0 aliphatic rings. The first-order chi connectivity index (χ1) is 9.16. The SMILES string of the molecule is O=C(O)[C@H](NCc1ccccc1)c1ccc(F)cc1. The van der Waals surface area contributed by atoms with Crippen molar-refractivity contribution in [2.45, 2.75) is 12.6 Å². The average molecular weight is 259 g/mol. The number of aliphatic carboxylic acids is 1. The minimum atomic E-state index is -0.984. The van der Waals surface area contributed by atoms with Gasteiger partial charge in [0, 0.05) is 6.54 Å². The summed E-state index contributed by atoms with van der Waals surface area (Å²) in [6, 6.07) is 14.1. The van der Waals surface area contributed by atoms with Gasteiger partial charge >= 0.3 is 5.97 Å². The molecule has 0 aromatic heterocycles. The smallest absolute Gasteiger partial charge is 0.325 e. The van der Waals surface area contributed by atoms with E-state index in [2.05, 4.69) is 5.32 Å². The van der Waals surface area contributed by atoms with E-state index in [4.69, 9.17) is 0 Å². The van der Waals surface area contributed by atoms with Gasteiger partial charge in [0.15, 0.2) is 0 Å². The number of rotatable bonds is 5. The van der Waals surface area contributed by atoms with Crippen LogP contribution in [-0.2, 0) is 11.3 Å². The maximum Gasteiger partial charge on any atom is 0.325 e. The van der Waals surface area contributed by atoms with Crippen LogP contribution in [0.25, 0.3) is 0 Å². The fraction of sp³-hybridized carbons (Fsp3) is 0.133. The second-order valence-corrected chi connectivity index (χ2v) is 4.19. The Kier molecular flexibility index (Phi) is 4.26. The monoisotopic (exact) mass is 259 g/mol. The highest BCUT2D eigenvalue weighted by Crippen LogP contribution is 2.15. The summed E-state index contributed by atoms with van der Waals surface area (Å²) in [6.07, 6.45) is 0. The van der Waals surface area contributed by atoms with Gasteiger partial charge in [-0.15, -0.1) is 0 Å². The zero-order chi connectivity index (χ0) is 13.7. The predicted octanol–water partition coefficient (Wildman–Crippen LogP) is 2.74. The van der Waals surface area contributed by atoms with Gasteiger partial charge in [0.2, 0.25) is 0 Å². The summed E-state index contributed by atoms with van der Waals surface area (Å²) in [4.78, 5) is 11.2. The molecule has 0 aliphatic heterocycles. The van der Waals surface area contributed by atoms with Gasteiger partial charge in [0.05, 0.1) is 0 Å². The van der Waals surface area contributed by atoms with Gasteiger partial charge in [-0.3, -0.25) is 10.1 Å². The van der Waals surface area contributed by atoms with Crippen molar-refractivity contribution in [1.82, 2.24) is 5.32 Å². The van der Waals surface area contributed by atoms with E-state index in [9.17, 15) is 14.3 Å². The molecule has 0 saturated carbocycles. The third kappa shape index (κ3) is 3.63. The number of carbonyl (C=O) groups is 1. The van der Waals surface area contributed by atoms with Crippen LogP contribution in [0.4, 0.5) is 4.39 Å². The molecule has 0 fully saturated rings. The summed E-state index contributed by atoms with van der Waals surface area (Å²) in [5, 5.41) is 12.2. The molecule has 0 bridgehead atoms. The number of carboxylic acids is 1. The van der Waals surface area contributed by atoms with E-state index in [-0.39, 0.29) is 5.82 Å². The average Bonchev–Trinajstić information content (AvgIpc) is 2.42. The molecule has 0 heterocycles. The van der Waals surface area contributed by atoms with Gasteiger partial charge in [0.1, 0.15) is 11.9 Å². The van der Waals surface area contributed by atoms with Crippen LogP contribution < -0.4 is 5.32 Å². The van der Waals surface area contributed by atoms with E-state index >= 15 is 0 Å². The maximum absolute atomic E-state index is 12.8. The predicted molar refractivity (Wildman–Crippen MR) is 70.1 cm³/mol. The molecule has 0 spiro atoms. The molecule has 4 heteroatoms. The fourth-order valence-corrected chi connectivity index (χ4v) is 1.82. The van der Waals surface area contributed by atoms with Crippen LogP contribution in [0.3, 0.4) is 0 Å². The van der Waals surface area contributed by atoms with E-state index in [1.54, 1.807) is 0 Å². The van der Waals surface area contributed by atoms with Crippen molar-refractivity contribution in [2.75, 3.05) is 0 Å². The summed E-state index contributed by atoms with van der Waals surface area (Å²) in [7, 11) is 0.